The van der Waals surface area contributed by atoms with Crippen LogP contribution in [0.3, 0.4) is 0 Å². The van der Waals surface area contributed by atoms with Crippen molar-refractivity contribution in [1.82, 2.24) is 9.78 Å². The Hall–Kier alpha value is -0.210. The lowest BCUT2D eigenvalue weighted by Gasteiger charge is -2.24. The summed E-state index contributed by atoms with van der Waals surface area (Å²) in [6, 6.07) is 2.17. The van der Waals surface area contributed by atoms with Crippen molar-refractivity contribution in [3.05, 3.63) is 17.5 Å². The number of alkyl halides is 2. The molecule has 0 N–H and O–H groups in total. The van der Waals surface area contributed by atoms with Gasteiger partial charge in [-0.25, -0.2) is 0 Å². The van der Waals surface area contributed by atoms with Crippen LogP contribution in [0.2, 0.25) is 0 Å². The van der Waals surface area contributed by atoms with Crippen LogP contribution in [0.1, 0.15) is 32.2 Å². The lowest BCUT2D eigenvalue weighted by molar-refractivity contribution is 0.406. The van der Waals surface area contributed by atoms with Gasteiger partial charge in [0, 0.05) is 29.4 Å². The third-order valence-electron chi connectivity index (χ3n) is 2.83. The summed E-state index contributed by atoms with van der Waals surface area (Å²) in [5.74, 6) is 1.15. The molecule has 0 aliphatic rings. The molecule has 1 aromatic heterocycles. The van der Waals surface area contributed by atoms with Crippen LogP contribution < -0.4 is 0 Å². The number of halogens is 2. The van der Waals surface area contributed by atoms with E-state index in [-0.39, 0.29) is 5.41 Å². The summed E-state index contributed by atoms with van der Waals surface area (Å²) >= 11 is 12.0. The third-order valence-corrected chi connectivity index (χ3v) is 4.12. The molecule has 0 radical (unpaired) electrons. The first-order valence-corrected chi connectivity index (χ1v) is 6.83. The number of hydrogen-bond donors (Lipinski definition) is 0. The molecule has 0 saturated carbocycles. The highest BCUT2D eigenvalue weighted by molar-refractivity contribution is 6.21. The lowest BCUT2D eigenvalue weighted by Crippen LogP contribution is -2.25. The van der Waals surface area contributed by atoms with E-state index in [0.29, 0.717) is 11.8 Å². The summed E-state index contributed by atoms with van der Waals surface area (Å²) in [6.07, 6.45) is 1.86. The van der Waals surface area contributed by atoms with Gasteiger partial charge in [-0.15, -0.1) is 23.2 Å². The minimum atomic E-state index is -0.0406. The second-order valence-corrected chi connectivity index (χ2v) is 5.09. The van der Waals surface area contributed by atoms with E-state index in [0.717, 1.165) is 25.1 Å². The fraction of sp³-hybridized carbons (Fsp3) is 0.750. The Kier molecular flexibility index (Phi) is 5.13. The van der Waals surface area contributed by atoms with Gasteiger partial charge in [0.25, 0.3) is 0 Å². The lowest BCUT2D eigenvalue weighted by atomic mass is 9.89. The Morgan fingerprint density at radius 1 is 1.31 bits per heavy atom. The van der Waals surface area contributed by atoms with Crippen LogP contribution >= 0.6 is 23.2 Å². The molecule has 92 valence electrons. The molecule has 0 aliphatic heterocycles. The van der Waals surface area contributed by atoms with Crippen molar-refractivity contribution < 1.29 is 0 Å². The summed E-state index contributed by atoms with van der Waals surface area (Å²) in [7, 11) is 0. The van der Waals surface area contributed by atoms with Crippen LogP contribution in [0.4, 0.5) is 0 Å². The van der Waals surface area contributed by atoms with E-state index in [1.807, 2.05) is 0 Å². The van der Waals surface area contributed by atoms with Gasteiger partial charge in [-0.05, 0) is 25.8 Å². The molecule has 0 atom stereocenters. The second kappa shape index (κ2) is 5.92. The van der Waals surface area contributed by atoms with Crippen molar-refractivity contribution >= 4 is 23.2 Å². The highest BCUT2D eigenvalue weighted by atomic mass is 35.5. The molecule has 1 aromatic rings. The molecule has 1 rings (SSSR count). The molecule has 16 heavy (non-hydrogen) atoms. The third kappa shape index (κ3) is 3.14. The van der Waals surface area contributed by atoms with Gasteiger partial charge in [-0.1, -0.05) is 13.8 Å². The monoisotopic (exact) mass is 262 g/mol. The van der Waals surface area contributed by atoms with Gasteiger partial charge in [-0.2, -0.15) is 5.10 Å². The van der Waals surface area contributed by atoms with Gasteiger partial charge in [0.1, 0.15) is 0 Å². The van der Waals surface area contributed by atoms with Gasteiger partial charge in [-0.3, -0.25) is 4.68 Å². The predicted octanol–water partition coefficient (Wildman–Crippen LogP) is 3.49. The molecule has 0 fully saturated rings. The molecule has 0 bridgehead atoms. The van der Waals surface area contributed by atoms with Gasteiger partial charge >= 0.3 is 0 Å². The minimum Gasteiger partial charge on any atom is -0.270 e. The summed E-state index contributed by atoms with van der Waals surface area (Å²) in [5.41, 5.74) is 2.34. The molecule has 2 nitrogen and oxygen atoms in total. The fourth-order valence-corrected chi connectivity index (χ4v) is 2.15. The van der Waals surface area contributed by atoms with Gasteiger partial charge in [0.2, 0.25) is 0 Å². The number of hydrogen-bond acceptors (Lipinski definition) is 1. The Balaban J connectivity index is 2.90. The zero-order chi connectivity index (χ0) is 12.2. The van der Waals surface area contributed by atoms with Gasteiger partial charge in [0.05, 0.1) is 5.69 Å². The van der Waals surface area contributed by atoms with Gasteiger partial charge < -0.3 is 0 Å². The van der Waals surface area contributed by atoms with Crippen LogP contribution in [0.5, 0.6) is 0 Å². The van der Waals surface area contributed by atoms with E-state index in [2.05, 4.69) is 36.6 Å². The zero-order valence-corrected chi connectivity index (χ0v) is 11.8. The van der Waals surface area contributed by atoms with Crippen LogP contribution in [0, 0.1) is 5.41 Å². The fourth-order valence-electron chi connectivity index (χ4n) is 1.67. The molecule has 0 spiro atoms. The Labute approximate surface area is 108 Å². The zero-order valence-electron chi connectivity index (χ0n) is 10.3. The molecule has 0 saturated heterocycles. The largest absolute Gasteiger partial charge is 0.270 e. The average Bonchev–Trinajstić information content (AvgIpc) is 2.71. The Morgan fingerprint density at radius 2 is 1.94 bits per heavy atom. The van der Waals surface area contributed by atoms with E-state index < -0.39 is 0 Å². The summed E-state index contributed by atoms with van der Waals surface area (Å²) < 4.78 is 2.05. The van der Waals surface area contributed by atoms with Crippen molar-refractivity contribution in [3.8, 4) is 0 Å². The average molecular weight is 263 g/mol. The van der Waals surface area contributed by atoms with Crippen LogP contribution in [0.15, 0.2) is 6.07 Å². The van der Waals surface area contributed by atoms with Crippen LogP contribution in [-0.4, -0.2) is 21.5 Å². The van der Waals surface area contributed by atoms with Crippen molar-refractivity contribution in [2.45, 2.75) is 40.2 Å². The molecule has 0 amide bonds. The first-order valence-electron chi connectivity index (χ1n) is 5.76. The maximum atomic E-state index is 5.98. The smallest absolute Gasteiger partial charge is 0.0624 e. The summed E-state index contributed by atoms with van der Waals surface area (Å²) in [6.45, 7) is 7.24. The second-order valence-electron chi connectivity index (χ2n) is 4.55. The number of aromatic nitrogens is 2. The van der Waals surface area contributed by atoms with E-state index >= 15 is 0 Å². The maximum absolute atomic E-state index is 5.98. The molecular formula is C12H20Cl2N2. The van der Waals surface area contributed by atoms with E-state index in [1.54, 1.807) is 0 Å². The molecule has 0 aromatic carbocycles. The quantitative estimate of drug-likeness (QED) is 0.718. The van der Waals surface area contributed by atoms with Crippen LogP contribution in [-0.2, 0) is 19.4 Å². The van der Waals surface area contributed by atoms with Crippen molar-refractivity contribution in [3.63, 3.8) is 0 Å². The van der Waals surface area contributed by atoms with Crippen molar-refractivity contribution in [2.24, 2.45) is 5.41 Å². The van der Waals surface area contributed by atoms with Gasteiger partial charge in [0.15, 0.2) is 0 Å². The van der Waals surface area contributed by atoms with Crippen LogP contribution in [0.25, 0.3) is 0 Å². The number of rotatable bonds is 6. The first-order chi connectivity index (χ1) is 7.58. The number of nitrogens with zero attached hydrogens (tertiary/aromatic N) is 2. The highest BCUT2D eigenvalue weighted by Gasteiger charge is 2.24. The first kappa shape index (κ1) is 13.9. The predicted molar refractivity (Wildman–Crippen MR) is 70.5 cm³/mol. The molecule has 0 aliphatic carbocycles. The summed E-state index contributed by atoms with van der Waals surface area (Å²) in [4.78, 5) is 0. The van der Waals surface area contributed by atoms with E-state index in [9.17, 15) is 0 Å². The molecule has 1 heterocycles. The Morgan fingerprint density at radius 3 is 2.38 bits per heavy atom. The normalized spacial score (nSPS) is 12.1. The SMILES string of the molecule is CCc1cc(CC(C)(CCl)CCl)n(CC)n1. The molecule has 0 unspecified atom stereocenters. The van der Waals surface area contributed by atoms with Crippen molar-refractivity contribution in [1.29, 1.82) is 0 Å². The molecular weight excluding hydrogens is 243 g/mol. The van der Waals surface area contributed by atoms with E-state index in [4.69, 9.17) is 23.2 Å². The van der Waals surface area contributed by atoms with Crippen molar-refractivity contribution in [2.75, 3.05) is 11.8 Å². The highest BCUT2D eigenvalue weighted by Crippen LogP contribution is 2.26. The Bertz CT molecular complexity index is 330. The number of aryl methyl sites for hydroxylation is 2. The maximum Gasteiger partial charge on any atom is 0.0624 e. The topological polar surface area (TPSA) is 17.8 Å². The standard InChI is InChI=1S/C12H20Cl2N2/c1-4-10-6-11(16(5-2)15-10)7-12(3,8-13)9-14/h6H,4-5,7-9H2,1-3H3. The molecule has 4 heteroatoms. The summed E-state index contributed by atoms with van der Waals surface area (Å²) in [5, 5.41) is 4.53. The van der Waals surface area contributed by atoms with E-state index in [1.165, 1.54) is 5.69 Å². The minimum absolute atomic E-state index is 0.0406.